The highest BCUT2D eigenvalue weighted by Gasteiger charge is 2.10. The zero-order chi connectivity index (χ0) is 10.4. The third-order valence-corrected chi connectivity index (χ3v) is 1.36. The molecule has 1 aromatic heterocycles. The minimum absolute atomic E-state index is 0.0354. The lowest BCUT2D eigenvalue weighted by Gasteiger charge is -1.91. The van der Waals surface area contributed by atoms with Gasteiger partial charge in [0.1, 0.15) is 0 Å². The Balaban J connectivity index is 3.05. The van der Waals surface area contributed by atoms with E-state index in [1.54, 1.807) is 0 Å². The summed E-state index contributed by atoms with van der Waals surface area (Å²) in [5.74, 6) is 4.94. The van der Waals surface area contributed by atoms with Crippen molar-refractivity contribution in [3.63, 3.8) is 0 Å². The van der Waals surface area contributed by atoms with Crippen LogP contribution < -0.4 is 0 Å². The maximum atomic E-state index is 10.5. The molecule has 5 heteroatoms. The first kappa shape index (κ1) is 9.69. The zero-order valence-corrected chi connectivity index (χ0v) is 7.10. The van der Waals surface area contributed by atoms with Gasteiger partial charge in [-0.3, -0.25) is 10.1 Å². The van der Waals surface area contributed by atoms with E-state index in [0.29, 0.717) is 0 Å². The van der Waals surface area contributed by atoms with Crippen LogP contribution in [0.3, 0.4) is 0 Å². The molecule has 0 aliphatic rings. The lowest BCUT2D eigenvalue weighted by atomic mass is 10.3. The van der Waals surface area contributed by atoms with Crippen molar-refractivity contribution >= 4 is 5.69 Å². The number of aromatic nitrogens is 1. The van der Waals surface area contributed by atoms with Crippen LogP contribution >= 0.6 is 0 Å². The van der Waals surface area contributed by atoms with Gasteiger partial charge in [-0.1, -0.05) is 5.92 Å². The summed E-state index contributed by atoms with van der Waals surface area (Å²) in [4.78, 5) is 13.7. The van der Waals surface area contributed by atoms with Crippen molar-refractivity contribution in [2.24, 2.45) is 0 Å². The summed E-state index contributed by atoms with van der Waals surface area (Å²) in [6.07, 6.45) is 1.46. The molecule has 1 heterocycles. The Morgan fingerprint density at radius 3 is 3.07 bits per heavy atom. The number of hydrogen-bond donors (Lipinski definition) is 0. The molecule has 0 saturated carbocycles. The van der Waals surface area contributed by atoms with E-state index in [1.807, 2.05) is 6.07 Å². The topological polar surface area (TPSA) is 79.8 Å². The lowest BCUT2D eigenvalue weighted by Crippen LogP contribution is -1.93. The molecule has 0 fully saturated rings. The molecule has 0 aliphatic carbocycles. The largest absolute Gasteiger partial charge is 0.303 e. The molecule has 0 saturated heterocycles. The first-order valence-electron chi connectivity index (χ1n) is 3.71. The van der Waals surface area contributed by atoms with Gasteiger partial charge >= 0.3 is 5.69 Å². The molecule has 0 spiro atoms. The highest BCUT2D eigenvalue weighted by Crippen LogP contribution is 2.13. The third kappa shape index (κ3) is 2.29. The van der Waals surface area contributed by atoms with Gasteiger partial charge in [-0.05, 0) is 12.0 Å². The number of nitriles is 1. The van der Waals surface area contributed by atoms with Crippen LogP contribution in [0.1, 0.15) is 12.1 Å². The first-order valence-corrected chi connectivity index (χ1v) is 3.71. The Kier molecular flexibility index (Phi) is 3.17. The van der Waals surface area contributed by atoms with Crippen LogP contribution in [0.25, 0.3) is 0 Å². The number of hydrogen-bond acceptors (Lipinski definition) is 4. The minimum atomic E-state index is -0.552. The van der Waals surface area contributed by atoms with Gasteiger partial charge in [-0.15, -0.1) is 0 Å². The number of nitro groups is 1. The summed E-state index contributed by atoms with van der Waals surface area (Å²) in [6.45, 7) is 0. The maximum absolute atomic E-state index is 10.5. The zero-order valence-electron chi connectivity index (χ0n) is 7.10. The SMILES string of the molecule is N#CCC#Cc1ncccc1[N+](=O)[O-]. The quantitative estimate of drug-likeness (QED) is 0.376. The van der Waals surface area contributed by atoms with E-state index >= 15 is 0 Å². The van der Waals surface area contributed by atoms with E-state index in [1.165, 1.54) is 18.3 Å². The fourth-order valence-electron chi connectivity index (χ4n) is 0.808. The third-order valence-electron chi connectivity index (χ3n) is 1.36. The summed E-state index contributed by atoms with van der Waals surface area (Å²) in [5, 5.41) is 18.7. The van der Waals surface area contributed by atoms with E-state index in [-0.39, 0.29) is 17.8 Å². The molecule has 0 unspecified atom stereocenters. The molecule has 1 aromatic rings. The monoisotopic (exact) mass is 187 g/mol. The highest BCUT2D eigenvalue weighted by atomic mass is 16.6. The molecule has 0 aromatic carbocycles. The molecule has 0 radical (unpaired) electrons. The molecule has 68 valence electrons. The van der Waals surface area contributed by atoms with E-state index in [9.17, 15) is 10.1 Å². The number of rotatable bonds is 1. The van der Waals surface area contributed by atoms with Crippen LogP contribution in [-0.2, 0) is 0 Å². The molecule has 14 heavy (non-hydrogen) atoms. The molecule has 0 aliphatic heterocycles. The molecule has 0 N–H and O–H groups in total. The second-order valence-corrected chi connectivity index (χ2v) is 2.26. The summed E-state index contributed by atoms with van der Waals surface area (Å²) >= 11 is 0. The minimum Gasteiger partial charge on any atom is -0.258 e. The maximum Gasteiger partial charge on any atom is 0.303 e. The lowest BCUT2D eigenvalue weighted by molar-refractivity contribution is -0.385. The number of nitrogens with zero attached hydrogens (tertiary/aromatic N) is 3. The van der Waals surface area contributed by atoms with Crippen LogP contribution in [0.15, 0.2) is 18.3 Å². The molecule has 1 rings (SSSR count). The fraction of sp³-hybridized carbons (Fsp3) is 0.111. The van der Waals surface area contributed by atoms with Crippen molar-refractivity contribution in [1.82, 2.24) is 4.98 Å². The van der Waals surface area contributed by atoms with E-state index in [0.717, 1.165) is 0 Å². The van der Waals surface area contributed by atoms with Gasteiger partial charge in [0, 0.05) is 12.3 Å². The van der Waals surface area contributed by atoms with E-state index in [4.69, 9.17) is 5.26 Å². The Bertz CT molecular complexity index is 451. The van der Waals surface area contributed by atoms with E-state index < -0.39 is 4.92 Å². The summed E-state index contributed by atoms with van der Waals surface area (Å²) in [5.41, 5.74) is -0.0503. The summed E-state index contributed by atoms with van der Waals surface area (Å²) < 4.78 is 0. The molecule has 0 atom stereocenters. The van der Waals surface area contributed by atoms with Gasteiger partial charge in [0.2, 0.25) is 0 Å². The predicted molar refractivity (Wildman–Crippen MR) is 48.0 cm³/mol. The predicted octanol–water partition coefficient (Wildman–Crippen LogP) is 1.25. The van der Waals surface area contributed by atoms with E-state index in [2.05, 4.69) is 16.8 Å². The fourth-order valence-corrected chi connectivity index (χ4v) is 0.808. The van der Waals surface area contributed by atoms with Crippen LogP contribution in [0.5, 0.6) is 0 Å². The van der Waals surface area contributed by atoms with Crippen molar-refractivity contribution in [1.29, 1.82) is 5.26 Å². The molecule has 0 bridgehead atoms. The Morgan fingerprint density at radius 1 is 1.64 bits per heavy atom. The van der Waals surface area contributed by atoms with Gasteiger partial charge in [-0.2, -0.15) is 5.26 Å². The second kappa shape index (κ2) is 4.58. The van der Waals surface area contributed by atoms with Gasteiger partial charge in [0.25, 0.3) is 0 Å². The van der Waals surface area contributed by atoms with Gasteiger partial charge < -0.3 is 0 Å². The standard InChI is InChI=1S/C9H5N3O2/c10-6-2-1-4-8-9(12(13)14)5-3-7-11-8/h3,5,7H,2H2. The van der Waals surface area contributed by atoms with Crippen molar-refractivity contribution in [3.05, 3.63) is 34.1 Å². The molecular formula is C9H5N3O2. The van der Waals surface area contributed by atoms with Gasteiger partial charge in [0.15, 0.2) is 5.69 Å². The van der Waals surface area contributed by atoms with Crippen LogP contribution in [0.2, 0.25) is 0 Å². The average Bonchev–Trinajstić information content (AvgIpc) is 2.19. The smallest absolute Gasteiger partial charge is 0.258 e. The first-order chi connectivity index (χ1) is 6.75. The van der Waals surface area contributed by atoms with Gasteiger partial charge in [0.05, 0.1) is 17.4 Å². The molecular weight excluding hydrogens is 182 g/mol. The van der Waals surface area contributed by atoms with Crippen LogP contribution in [0.4, 0.5) is 5.69 Å². The van der Waals surface area contributed by atoms with Crippen LogP contribution in [-0.4, -0.2) is 9.91 Å². The van der Waals surface area contributed by atoms with Crippen molar-refractivity contribution in [2.45, 2.75) is 6.42 Å². The average molecular weight is 187 g/mol. The Labute approximate surface area is 80.2 Å². The summed E-state index contributed by atoms with van der Waals surface area (Å²) in [7, 11) is 0. The normalized spacial score (nSPS) is 8.21. The van der Waals surface area contributed by atoms with Gasteiger partial charge in [-0.25, -0.2) is 4.98 Å². The Hall–Kier alpha value is -2.40. The van der Waals surface area contributed by atoms with Crippen molar-refractivity contribution in [3.8, 4) is 17.9 Å². The summed E-state index contributed by atoms with van der Waals surface area (Å²) in [6, 6.07) is 4.60. The highest BCUT2D eigenvalue weighted by molar-refractivity contribution is 5.45. The van der Waals surface area contributed by atoms with Crippen LogP contribution in [0, 0.1) is 33.3 Å². The van der Waals surface area contributed by atoms with Crippen molar-refractivity contribution < 1.29 is 4.92 Å². The Morgan fingerprint density at radius 2 is 2.43 bits per heavy atom. The molecule has 0 amide bonds. The van der Waals surface area contributed by atoms with Crippen molar-refractivity contribution in [2.75, 3.05) is 0 Å². The second-order valence-electron chi connectivity index (χ2n) is 2.26. The number of pyridine rings is 1. The molecule has 5 nitrogen and oxygen atoms in total.